The minimum atomic E-state index is -0.606. The van der Waals surface area contributed by atoms with Gasteiger partial charge in [-0.2, -0.15) is 0 Å². The van der Waals surface area contributed by atoms with E-state index in [9.17, 15) is 14.4 Å². The lowest BCUT2D eigenvalue weighted by molar-refractivity contribution is -0.120. The normalized spacial score (nSPS) is 13.7. The quantitative estimate of drug-likeness (QED) is 0.558. The van der Waals surface area contributed by atoms with Gasteiger partial charge >= 0.3 is 0 Å². The maximum atomic E-state index is 12.9. The number of hydrogen-bond acceptors (Lipinski definition) is 6. The third kappa shape index (κ3) is 4.21. The Morgan fingerprint density at radius 2 is 1.81 bits per heavy atom. The predicted octanol–water partition coefficient (Wildman–Crippen LogP) is 4.45. The molecule has 2 aromatic carbocycles. The third-order valence-electron chi connectivity index (χ3n) is 4.55. The molecule has 4 rings (SSSR count). The molecule has 3 aromatic rings. The molecule has 0 unspecified atom stereocenters. The van der Waals surface area contributed by atoms with Crippen LogP contribution in [0.15, 0.2) is 64.6 Å². The molecule has 2 heterocycles. The van der Waals surface area contributed by atoms with Crippen molar-refractivity contribution in [2.45, 2.75) is 13.8 Å². The summed E-state index contributed by atoms with van der Waals surface area (Å²) >= 11 is 7.51. The van der Waals surface area contributed by atoms with Gasteiger partial charge in [0.15, 0.2) is 5.13 Å². The van der Waals surface area contributed by atoms with Crippen LogP contribution in [0.3, 0.4) is 0 Å². The molecular formula is C22H17ClN4O3S. The Hall–Kier alpha value is -3.49. The molecule has 9 heteroatoms. The molecule has 31 heavy (non-hydrogen) atoms. The molecule has 0 spiro atoms. The molecule has 1 aliphatic rings. The topological polar surface area (TPSA) is 91.4 Å². The fourth-order valence-electron chi connectivity index (χ4n) is 3.00. The van der Waals surface area contributed by atoms with Crippen molar-refractivity contribution < 1.29 is 14.4 Å². The number of anilines is 3. The predicted molar refractivity (Wildman–Crippen MR) is 121 cm³/mol. The van der Waals surface area contributed by atoms with Crippen LogP contribution >= 0.6 is 22.9 Å². The number of halogens is 1. The number of nitrogens with one attached hydrogen (secondary N) is 2. The summed E-state index contributed by atoms with van der Waals surface area (Å²) in [6, 6.07) is 13.5. The molecule has 0 saturated heterocycles. The molecule has 1 aliphatic heterocycles. The van der Waals surface area contributed by atoms with Gasteiger partial charge in [0.1, 0.15) is 10.7 Å². The molecule has 0 radical (unpaired) electrons. The Morgan fingerprint density at radius 1 is 1.06 bits per heavy atom. The van der Waals surface area contributed by atoms with E-state index in [2.05, 4.69) is 15.6 Å². The zero-order valence-corrected chi connectivity index (χ0v) is 18.2. The Bertz CT molecular complexity index is 1230. The van der Waals surface area contributed by atoms with Crippen LogP contribution in [0.1, 0.15) is 21.6 Å². The van der Waals surface area contributed by atoms with Crippen molar-refractivity contribution in [1.82, 2.24) is 4.98 Å². The fraction of sp³-hybridized carbons (Fsp3) is 0.0909. The number of thiazole rings is 1. The van der Waals surface area contributed by atoms with Crippen molar-refractivity contribution in [3.05, 3.63) is 81.5 Å². The SMILES string of the molecule is Cc1ccc(N2C(=O)C(Cl)=C(Nc3cccc(C(=O)Nc4nc(C)cs4)c3)C2=O)cc1. The summed E-state index contributed by atoms with van der Waals surface area (Å²) in [4.78, 5) is 43.2. The summed E-state index contributed by atoms with van der Waals surface area (Å²) in [6.07, 6.45) is 0. The zero-order valence-electron chi connectivity index (χ0n) is 16.6. The summed E-state index contributed by atoms with van der Waals surface area (Å²) in [6.45, 7) is 3.75. The lowest BCUT2D eigenvalue weighted by atomic mass is 10.2. The van der Waals surface area contributed by atoms with Gasteiger partial charge in [-0.15, -0.1) is 11.3 Å². The molecule has 0 fully saturated rings. The number of aromatic nitrogens is 1. The first kappa shape index (κ1) is 20.8. The van der Waals surface area contributed by atoms with Crippen molar-refractivity contribution in [3.63, 3.8) is 0 Å². The molecule has 0 atom stereocenters. The zero-order chi connectivity index (χ0) is 22.1. The molecular weight excluding hydrogens is 436 g/mol. The molecule has 7 nitrogen and oxygen atoms in total. The van der Waals surface area contributed by atoms with Crippen molar-refractivity contribution in [3.8, 4) is 0 Å². The minimum Gasteiger partial charge on any atom is -0.350 e. The summed E-state index contributed by atoms with van der Waals surface area (Å²) in [5.74, 6) is -1.51. The summed E-state index contributed by atoms with van der Waals surface area (Å²) in [5.41, 5.74) is 3.02. The van der Waals surface area contributed by atoms with Gasteiger partial charge in [0.05, 0.1) is 11.4 Å². The van der Waals surface area contributed by atoms with E-state index in [1.807, 2.05) is 19.2 Å². The summed E-state index contributed by atoms with van der Waals surface area (Å²) in [5, 5.41) is 7.74. The van der Waals surface area contributed by atoms with Gasteiger partial charge in [-0.25, -0.2) is 9.88 Å². The first-order valence-electron chi connectivity index (χ1n) is 9.29. The van der Waals surface area contributed by atoms with Gasteiger partial charge in [-0.3, -0.25) is 19.7 Å². The van der Waals surface area contributed by atoms with E-state index in [1.54, 1.807) is 48.5 Å². The third-order valence-corrected chi connectivity index (χ3v) is 5.78. The molecule has 156 valence electrons. The lowest BCUT2D eigenvalue weighted by Crippen LogP contribution is -2.32. The van der Waals surface area contributed by atoms with E-state index < -0.39 is 11.8 Å². The van der Waals surface area contributed by atoms with Crippen molar-refractivity contribution in [2.24, 2.45) is 0 Å². The molecule has 3 amide bonds. The van der Waals surface area contributed by atoms with Crippen LogP contribution in [-0.4, -0.2) is 22.7 Å². The maximum absolute atomic E-state index is 12.9. The van der Waals surface area contributed by atoms with E-state index in [4.69, 9.17) is 11.6 Å². The van der Waals surface area contributed by atoms with Gasteiger partial charge in [0, 0.05) is 16.6 Å². The van der Waals surface area contributed by atoms with Gasteiger partial charge in [0.2, 0.25) is 0 Å². The van der Waals surface area contributed by atoms with Crippen LogP contribution < -0.4 is 15.5 Å². The van der Waals surface area contributed by atoms with Crippen LogP contribution in [-0.2, 0) is 9.59 Å². The number of imide groups is 1. The number of nitrogens with zero attached hydrogens (tertiary/aromatic N) is 2. The Kier molecular flexibility index (Phi) is 5.58. The average Bonchev–Trinajstić information content (AvgIpc) is 3.25. The van der Waals surface area contributed by atoms with E-state index >= 15 is 0 Å². The highest BCUT2D eigenvalue weighted by molar-refractivity contribution is 7.13. The highest BCUT2D eigenvalue weighted by Gasteiger charge is 2.38. The van der Waals surface area contributed by atoms with Crippen LogP contribution in [0.4, 0.5) is 16.5 Å². The second-order valence-electron chi connectivity index (χ2n) is 6.92. The number of hydrogen-bond donors (Lipinski definition) is 2. The van der Waals surface area contributed by atoms with Gasteiger partial charge < -0.3 is 5.32 Å². The van der Waals surface area contributed by atoms with Gasteiger partial charge in [-0.1, -0.05) is 35.4 Å². The highest BCUT2D eigenvalue weighted by atomic mass is 35.5. The number of carbonyl (C=O) groups is 3. The number of benzene rings is 2. The Labute approximate surface area is 187 Å². The second kappa shape index (κ2) is 8.33. The van der Waals surface area contributed by atoms with E-state index in [-0.39, 0.29) is 16.6 Å². The van der Waals surface area contributed by atoms with E-state index in [0.717, 1.165) is 16.2 Å². The van der Waals surface area contributed by atoms with Crippen LogP contribution in [0.2, 0.25) is 0 Å². The monoisotopic (exact) mass is 452 g/mol. The van der Waals surface area contributed by atoms with Crippen LogP contribution in [0.5, 0.6) is 0 Å². The smallest absolute Gasteiger partial charge is 0.283 e. The Balaban J connectivity index is 1.54. The fourth-order valence-corrected chi connectivity index (χ4v) is 3.90. The number of carbonyl (C=O) groups excluding carboxylic acids is 3. The van der Waals surface area contributed by atoms with Gasteiger partial charge in [-0.05, 0) is 44.2 Å². The van der Waals surface area contributed by atoms with Gasteiger partial charge in [0.25, 0.3) is 17.7 Å². The van der Waals surface area contributed by atoms with Crippen molar-refractivity contribution in [2.75, 3.05) is 15.5 Å². The lowest BCUT2D eigenvalue weighted by Gasteiger charge is -2.15. The largest absolute Gasteiger partial charge is 0.350 e. The van der Waals surface area contributed by atoms with E-state index in [1.165, 1.54) is 11.3 Å². The minimum absolute atomic E-state index is 0.0413. The number of rotatable bonds is 5. The summed E-state index contributed by atoms with van der Waals surface area (Å²) in [7, 11) is 0. The first-order chi connectivity index (χ1) is 14.8. The van der Waals surface area contributed by atoms with E-state index in [0.29, 0.717) is 22.1 Å². The molecule has 0 aliphatic carbocycles. The second-order valence-corrected chi connectivity index (χ2v) is 8.16. The number of aryl methyl sites for hydroxylation is 2. The molecule has 0 saturated carbocycles. The first-order valence-corrected chi connectivity index (χ1v) is 10.5. The van der Waals surface area contributed by atoms with Crippen molar-refractivity contribution >= 4 is 57.2 Å². The summed E-state index contributed by atoms with van der Waals surface area (Å²) < 4.78 is 0. The van der Waals surface area contributed by atoms with Crippen LogP contribution in [0.25, 0.3) is 0 Å². The Morgan fingerprint density at radius 3 is 2.48 bits per heavy atom. The molecule has 2 N–H and O–H groups in total. The average molecular weight is 453 g/mol. The number of amides is 3. The highest BCUT2D eigenvalue weighted by Crippen LogP contribution is 2.30. The standard InChI is InChI=1S/C22H17ClN4O3S/c1-12-6-8-16(9-7-12)27-20(29)17(23)18(21(27)30)25-15-5-3-4-14(10-15)19(28)26-22-24-13(2)11-31-22/h3-11,25H,1-2H3,(H,24,26,28). The van der Waals surface area contributed by atoms with Crippen LogP contribution in [0, 0.1) is 13.8 Å². The van der Waals surface area contributed by atoms with Crippen molar-refractivity contribution in [1.29, 1.82) is 0 Å². The molecule has 0 bridgehead atoms. The molecule has 1 aromatic heterocycles. The maximum Gasteiger partial charge on any atom is 0.283 e.